The summed E-state index contributed by atoms with van der Waals surface area (Å²) in [5.74, 6) is 0.163. The number of hydrogen-bond donors (Lipinski definition) is 1. The van der Waals surface area contributed by atoms with Crippen LogP contribution in [0.25, 0.3) is 11.3 Å². The zero-order chi connectivity index (χ0) is 18.5. The smallest absolute Gasteiger partial charge is 0.234 e. The Morgan fingerprint density at radius 1 is 1.08 bits per heavy atom. The average molecular weight is 384 g/mol. The minimum Gasteiger partial charge on any atom is -0.325 e. The van der Waals surface area contributed by atoms with Crippen LogP contribution in [0.1, 0.15) is 11.3 Å². The lowest BCUT2D eigenvalue weighted by Crippen LogP contribution is -2.14. The molecule has 2 aromatic carbocycles. The molecule has 1 amide bonds. The number of nitrogens with one attached hydrogen (secondary N) is 1. The molecule has 0 fully saturated rings. The highest BCUT2D eigenvalue weighted by molar-refractivity contribution is 7.99. The molecule has 0 saturated heterocycles. The molecule has 0 atom stereocenters. The summed E-state index contributed by atoms with van der Waals surface area (Å²) >= 11 is 7.26. The number of thioether (sulfide) groups is 1. The van der Waals surface area contributed by atoms with Crippen molar-refractivity contribution in [1.29, 1.82) is 0 Å². The van der Waals surface area contributed by atoms with Gasteiger partial charge in [-0.05, 0) is 49.7 Å². The Hall–Kier alpha value is -2.37. The van der Waals surface area contributed by atoms with Crippen LogP contribution < -0.4 is 5.32 Å². The van der Waals surface area contributed by atoms with Crippen molar-refractivity contribution in [2.24, 2.45) is 0 Å². The highest BCUT2D eigenvalue weighted by atomic mass is 35.5. The lowest BCUT2D eigenvalue weighted by molar-refractivity contribution is -0.113. The molecule has 0 unspecified atom stereocenters. The van der Waals surface area contributed by atoms with Gasteiger partial charge < -0.3 is 5.32 Å². The average Bonchev–Trinajstić information content (AvgIpc) is 2.60. The minimum atomic E-state index is -0.0845. The Bertz CT molecular complexity index is 929. The maximum Gasteiger partial charge on any atom is 0.234 e. The zero-order valence-electron chi connectivity index (χ0n) is 14.5. The SMILES string of the molecule is Cc1cccc(NC(=O)CSc2nc(C)cc(-c3ccc(Cl)cc3)n2)c1. The first-order valence-corrected chi connectivity index (χ1v) is 9.47. The highest BCUT2D eigenvalue weighted by Crippen LogP contribution is 2.23. The fourth-order valence-corrected chi connectivity index (χ4v) is 3.25. The number of aryl methyl sites for hydroxylation is 2. The number of anilines is 1. The van der Waals surface area contributed by atoms with E-state index in [1.807, 2.05) is 68.4 Å². The quantitative estimate of drug-likeness (QED) is 0.489. The summed E-state index contributed by atoms with van der Waals surface area (Å²) in [6.45, 7) is 3.90. The molecule has 0 aliphatic carbocycles. The van der Waals surface area contributed by atoms with E-state index in [0.29, 0.717) is 10.2 Å². The van der Waals surface area contributed by atoms with Crippen LogP contribution in [0.2, 0.25) is 5.02 Å². The van der Waals surface area contributed by atoms with Gasteiger partial charge in [0.05, 0.1) is 11.4 Å². The van der Waals surface area contributed by atoms with E-state index in [0.717, 1.165) is 28.2 Å². The third-order valence-corrected chi connectivity index (χ3v) is 4.71. The first-order valence-electron chi connectivity index (χ1n) is 8.10. The molecular weight excluding hydrogens is 366 g/mol. The summed E-state index contributed by atoms with van der Waals surface area (Å²) < 4.78 is 0. The standard InChI is InChI=1S/C20H18ClN3OS/c1-13-4-3-5-17(10-13)23-19(25)12-26-20-22-14(2)11-18(24-20)15-6-8-16(21)9-7-15/h3-11H,12H2,1-2H3,(H,23,25). The molecule has 0 spiro atoms. The fraction of sp³-hybridized carbons (Fsp3) is 0.150. The number of carbonyl (C=O) groups excluding carboxylic acids is 1. The van der Waals surface area contributed by atoms with Crippen molar-refractivity contribution in [3.8, 4) is 11.3 Å². The van der Waals surface area contributed by atoms with Gasteiger partial charge in [0, 0.05) is 22.0 Å². The van der Waals surface area contributed by atoms with Crippen molar-refractivity contribution in [2.45, 2.75) is 19.0 Å². The lowest BCUT2D eigenvalue weighted by Gasteiger charge is -2.07. The van der Waals surface area contributed by atoms with Crippen LogP contribution in [0.15, 0.2) is 59.8 Å². The molecule has 1 aromatic heterocycles. The Balaban J connectivity index is 1.68. The molecule has 0 saturated carbocycles. The van der Waals surface area contributed by atoms with Gasteiger partial charge in [0.1, 0.15) is 0 Å². The van der Waals surface area contributed by atoms with Gasteiger partial charge in [-0.2, -0.15) is 0 Å². The molecule has 0 radical (unpaired) electrons. The highest BCUT2D eigenvalue weighted by Gasteiger charge is 2.09. The number of rotatable bonds is 5. The van der Waals surface area contributed by atoms with Crippen LogP contribution in [0.4, 0.5) is 5.69 Å². The summed E-state index contributed by atoms with van der Waals surface area (Å²) in [6.07, 6.45) is 0. The molecule has 132 valence electrons. The molecule has 0 aliphatic rings. The second-order valence-corrected chi connectivity index (χ2v) is 7.27. The Kier molecular flexibility index (Phi) is 5.91. The van der Waals surface area contributed by atoms with Gasteiger partial charge in [0.2, 0.25) is 5.91 Å². The monoisotopic (exact) mass is 383 g/mol. The van der Waals surface area contributed by atoms with Gasteiger partial charge in [-0.1, -0.05) is 47.6 Å². The normalized spacial score (nSPS) is 10.6. The number of halogens is 1. The number of amides is 1. The second kappa shape index (κ2) is 8.34. The van der Waals surface area contributed by atoms with Crippen molar-refractivity contribution in [3.05, 3.63) is 70.9 Å². The maximum absolute atomic E-state index is 12.2. The fourth-order valence-electron chi connectivity index (χ4n) is 2.42. The van der Waals surface area contributed by atoms with Gasteiger partial charge in [0.15, 0.2) is 5.16 Å². The van der Waals surface area contributed by atoms with Crippen LogP contribution in [0, 0.1) is 13.8 Å². The topological polar surface area (TPSA) is 54.9 Å². The van der Waals surface area contributed by atoms with Gasteiger partial charge in [-0.15, -0.1) is 0 Å². The summed E-state index contributed by atoms with van der Waals surface area (Å²) in [5, 5.41) is 4.15. The lowest BCUT2D eigenvalue weighted by atomic mass is 10.1. The Morgan fingerprint density at radius 3 is 2.58 bits per heavy atom. The molecule has 1 heterocycles. The number of hydrogen-bond acceptors (Lipinski definition) is 4. The van der Waals surface area contributed by atoms with Crippen molar-refractivity contribution in [2.75, 3.05) is 11.1 Å². The summed E-state index contributed by atoms with van der Waals surface area (Å²) in [6, 6.07) is 17.1. The molecule has 4 nitrogen and oxygen atoms in total. The maximum atomic E-state index is 12.2. The van der Waals surface area contributed by atoms with Gasteiger partial charge >= 0.3 is 0 Å². The van der Waals surface area contributed by atoms with E-state index in [1.54, 1.807) is 0 Å². The Labute approximate surface area is 162 Å². The second-order valence-electron chi connectivity index (χ2n) is 5.89. The van der Waals surface area contributed by atoms with E-state index in [-0.39, 0.29) is 11.7 Å². The van der Waals surface area contributed by atoms with E-state index in [9.17, 15) is 4.79 Å². The van der Waals surface area contributed by atoms with E-state index in [2.05, 4.69) is 15.3 Å². The van der Waals surface area contributed by atoms with Crippen LogP contribution in [-0.2, 0) is 4.79 Å². The van der Waals surface area contributed by atoms with E-state index in [1.165, 1.54) is 11.8 Å². The number of benzene rings is 2. The van der Waals surface area contributed by atoms with Crippen molar-refractivity contribution >= 4 is 35.0 Å². The van der Waals surface area contributed by atoms with Crippen molar-refractivity contribution in [3.63, 3.8) is 0 Å². The van der Waals surface area contributed by atoms with Crippen molar-refractivity contribution < 1.29 is 4.79 Å². The van der Waals surface area contributed by atoms with E-state index >= 15 is 0 Å². The number of carbonyl (C=O) groups is 1. The third-order valence-electron chi connectivity index (χ3n) is 3.61. The summed E-state index contributed by atoms with van der Waals surface area (Å²) in [4.78, 5) is 21.1. The molecule has 0 bridgehead atoms. The van der Waals surface area contributed by atoms with Crippen molar-refractivity contribution in [1.82, 2.24) is 9.97 Å². The zero-order valence-corrected chi connectivity index (χ0v) is 16.1. The third kappa shape index (κ3) is 5.07. The molecule has 26 heavy (non-hydrogen) atoms. The first-order chi connectivity index (χ1) is 12.5. The molecular formula is C20H18ClN3OS. The van der Waals surface area contributed by atoms with E-state index in [4.69, 9.17) is 11.6 Å². The van der Waals surface area contributed by atoms with Crippen LogP contribution in [0.3, 0.4) is 0 Å². The number of nitrogens with zero attached hydrogens (tertiary/aromatic N) is 2. The predicted molar refractivity (Wildman–Crippen MR) is 108 cm³/mol. The summed E-state index contributed by atoms with van der Waals surface area (Å²) in [5.41, 5.74) is 4.53. The van der Waals surface area contributed by atoms with Gasteiger partial charge in [0.25, 0.3) is 0 Å². The molecule has 3 aromatic rings. The van der Waals surface area contributed by atoms with Gasteiger partial charge in [-0.3, -0.25) is 4.79 Å². The molecule has 1 N–H and O–H groups in total. The summed E-state index contributed by atoms with van der Waals surface area (Å²) in [7, 11) is 0. The molecule has 3 rings (SSSR count). The minimum absolute atomic E-state index is 0.0845. The predicted octanol–water partition coefficient (Wildman–Crippen LogP) is 5.14. The van der Waals surface area contributed by atoms with E-state index < -0.39 is 0 Å². The first kappa shape index (κ1) is 18.4. The molecule has 0 aliphatic heterocycles. The Morgan fingerprint density at radius 2 is 1.85 bits per heavy atom. The largest absolute Gasteiger partial charge is 0.325 e. The van der Waals surface area contributed by atoms with Crippen LogP contribution in [0.5, 0.6) is 0 Å². The molecule has 6 heteroatoms. The van der Waals surface area contributed by atoms with Gasteiger partial charge in [-0.25, -0.2) is 9.97 Å². The van der Waals surface area contributed by atoms with Crippen LogP contribution in [-0.4, -0.2) is 21.6 Å². The number of aromatic nitrogens is 2. The van der Waals surface area contributed by atoms with Crippen LogP contribution >= 0.6 is 23.4 Å².